The Labute approximate surface area is 193 Å². The van der Waals surface area contributed by atoms with Crippen LogP contribution in [0.1, 0.15) is 46.4 Å². The van der Waals surface area contributed by atoms with E-state index in [0.29, 0.717) is 13.1 Å². The molecule has 7 nitrogen and oxygen atoms in total. The summed E-state index contributed by atoms with van der Waals surface area (Å²) in [6.45, 7) is 0.977. The van der Waals surface area contributed by atoms with E-state index in [1.54, 1.807) is 0 Å². The number of anilines is 1. The SMILES string of the molecule is Nc1nccnc1C(=O)NCc1ccc(CCNC(=O)C2(Cc3ccccc3)CCC2)cc1. The Balaban J connectivity index is 1.23. The zero-order valence-corrected chi connectivity index (χ0v) is 18.6. The lowest BCUT2D eigenvalue weighted by Crippen LogP contribution is -2.47. The van der Waals surface area contributed by atoms with Crippen LogP contribution in [0.5, 0.6) is 0 Å². The normalized spacial score (nSPS) is 14.2. The maximum atomic E-state index is 12.9. The number of carbonyl (C=O) groups is 2. The molecule has 2 aromatic carbocycles. The van der Waals surface area contributed by atoms with Gasteiger partial charge in [0.2, 0.25) is 5.91 Å². The molecule has 4 rings (SSSR count). The molecule has 0 saturated heterocycles. The van der Waals surface area contributed by atoms with Gasteiger partial charge in [0.05, 0.1) is 5.41 Å². The lowest BCUT2D eigenvalue weighted by atomic mass is 9.64. The van der Waals surface area contributed by atoms with Crippen molar-refractivity contribution >= 4 is 17.6 Å². The summed E-state index contributed by atoms with van der Waals surface area (Å²) in [7, 11) is 0. The van der Waals surface area contributed by atoms with Crippen molar-refractivity contribution in [2.45, 2.75) is 38.6 Å². The zero-order chi connectivity index (χ0) is 23.1. The number of nitrogens with one attached hydrogen (secondary N) is 2. The van der Waals surface area contributed by atoms with E-state index in [-0.39, 0.29) is 28.7 Å². The third-order valence-corrected chi connectivity index (χ3v) is 6.29. The summed E-state index contributed by atoms with van der Waals surface area (Å²) >= 11 is 0. The van der Waals surface area contributed by atoms with Crippen LogP contribution in [0.25, 0.3) is 0 Å². The van der Waals surface area contributed by atoms with Crippen molar-refractivity contribution in [3.05, 3.63) is 89.4 Å². The number of carbonyl (C=O) groups excluding carboxylic acids is 2. The molecule has 1 heterocycles. The van der Waals surface area contributed by atoms with Crippen molar-refractivity contribution < 1.29 is 9.59 Å². The average molecular weight is 444 g/mol. The van der Waals surface area contributed by atoms with Gasteiger partial charge >= 0.3 is 0 Å². The van der Waals surface area contributed by atoms with Crippen LogP contribution < -0.4 is 16.4 Å². The first kappa shape index (κ1) is 22.5. The second kappa shape index (κ2) is 10.3. The van der Waals surface area contributed by atoms with E-state index >= 15 is 0 Å². The Bertz CT molecular complexity index is 1100. The minimum Gasteiger partial charge on any atom is -0.382 e. The Kier molecular flexibility index (Phi) is 6.98. The fourth-order valence-corrected chi connectivity index (χ4v) is 4.20. The van der Waals surface area contributed by atoms with Gasteiger partial charge in [-0.15, -0.1) is 0 Å². The minimum atomic E-state index is -0.354. The first-order chi connectivity index (χ1) is 16.1. The first-order valence-corrected chi connectivity index (χ1v) is 11.3. The number of rotatable bonds is 9. The highest BCUT2D eigenvalue weighted by molar-refractivity contribution is 5.96. The van der Waals surface area contributed by atoms with Gasteiger partial charge in [0.25, 0.3) is 5.91 Å². The van der Waals surface area contributed by atoms with Gasteiger partial charge in [-0.2, -0.15) is 0 Å². The van der Waals surface area contributed by atoms with E-state index in [4.69, 9.17) is 5.73 Å². The number of amides is 2. The maximum Gasteiger partial charge on any atom is 0.273 e. The summed E-state index contributed by atoms with van der Waals surface area (Å²) in [5.74, 6) is -0.0760. The Morgan fingerprint density at radius 2 is 1.58 bits per heavy atom. The van der Waals surface area contributed by atoms with Crippen LogP contribution in [0, 0.1) is 5.41 Å². The average Bonchev–Trinajstić information content (AvgIpc) is 2.81. The van der Waals surface area contributed by atoms with Crippen molar-refractivity contribution in [2.24, 2.45) is 5.41 Å². The second-order valence-corrected chi connectivity index (χ2v) is 8.59. The molecule has 1 aliphatic carbocycles. The van der Waals surface area contributed by atoms with Gasteiger partial charge in [-0.3, -0.25) is 9.59 Å². The van der Waals surface area contributed by atoms with Crippen LogP contribution in [0.4, 0.5) is 5.82 Å². The van der Waals surface area contributed by atoms with E-state index in [2.05, 4.69) is 32.7 Å². The molecule has 33 heavy (non-hydrogen) atoms. The molecule has 0 spiro atoms. The number of nitrogens with two attached hydrogens (primary N) is 1. The lowest BCUT2D eigenvalue weighted by molar-refractivity contribution is -0.135. The third-order valence-electron chi connectivity index (χ3n) is 6.29. The van der Waals surface area contributed by atoms with Crippen molar-refractivity contribution in [1.82, 2.24) is 20.6 Å². The summed E-state index contributed by atoms with van der Waals surface area (Å²) in [5.41, 5.74) is 8.88. The summed E-state index contributed by atoms with van der Waals surface area (Å²) in [5, 5.41) is 5.96. The van der Waals surface area contributed by atoms with Crippen LogP contribution in [-0.4, -0.2) is 28.3 Å². The van der Waals surface area contributed by atoms with E-state index in [0.717, 1.165) is 43.2 Å². The van der Waals surface area contributed by atoms with Crippen LogP contribution in [0.15, 0.2) is 67.0 Å². The number of hydrogen-bond acceptors (Lipinski definition) is 5. The molecule has 0 aliphatic heterocycles. The number of nitrogens with zero attached hydrogens (tertiary/aromatic N) is 2. The van der Waals surface area contributed by atoms with Crippen LogP contribution in [0.2, 0.25) is 0 Å². The largest absolute Gasteiger partial charge is 0.382 e. The summed E-state index contributed by atoms with van der Waals surface area (Å²) in [4.78, 5) is 33.0. The molecule has 1 saturated carbocycles. The van der Waals surface area contributed by atoms with Crippen molar-refractivity contribution in [3.63, 3.8) is 0 Å². The molecule has 0 atom stereocenters. The van der Waals surface area contributed by atoms with Gasteiger partial charge in [0.15, 0.2) is 11.5 Å². The van der Waals surface area contributed by atoms with Gasteiger partial charge in [-0.05, 0) is 42.4 Å². The van der Waals surface area contributed by atoms with Crippen LogP contribution >= 0.6 is 0 Å². The van der Waals surface area contributed by atoms with E-state index in [1.807, 2.05) is 42.5 Å². The van der Waals surface area contributed by atoms with Crippen molar-refractivity contribution in [3.8, 4) is 0 Å². The number of nitrogen functional groups attached to an aromatic ring is 1. The molecule has 1 aliphatic rings. The molecular weight excluding hydrogens is 414 g/mol. The Hall–Kier alpha value is -3.74. The fraction of sp³-hybridized carbons (Fsp3) is 0.308. The zero-order valence-electron chi connectivity index (χ0n) is 18.6. The number of aromatic nitrogens is 2. The minimum absolute atomic E-state index is 0.111. The molecule has 0 unspecified atom stereocenters. The van der Waals surface area contributed by atoms with E-state index in [1.165, 1.54) is 18.0 Å². The molecule has 0 radical (unpaired) electrons. The highest BCUT2D eigenvalue weighted by Gasteiger charge is 2.43. The standard InChI is InChI=1S/C26H29N5O2/c27-23-22(28-15-16-29-23)24(32)31-18-21-9-7-19(8-10-21)11-14-30-25(33)26(12-4-13-26)17-20-5-2-1-3-6-20/h1-3,5-10,15-16H,4,11-14,17-18H2,(H2,27,29)(H,30,33)(H,31,32). The number of benzene rings is 2. The maximum absolute atomic E-state index is 12.9. The van der Waals surface area contributed by atoms with Crippen LogP contribution in [0.3, 0.4) is 0 Å². The molecule has 1 fully saturated rings. The molecule has 2 amide bonds. The van der Waals surface area contributed by atoms with Gasteiger partial charge in [0.1, 0.15) is 0 Å². The second-order valence-electron chi connectivity index (χ2n) is 8.59. The topological polar surface area (TPSA) is 110 Å². The predicted octanol–water partition coefficient (Wildman–Crippen LogP) is 3.06. The highest BCUT2D eigenvalue weighted by Crippen LogP contribution is 2.43. The van der Waals surface area contributed by atoms with Gasteiger partial charge in [0, 0.05) is 25.5 Å². The molecule has 3 aromatic rings. The molecule has 170 valence electrons. The van der Waals surface area contributed by atoms with E-state index in [9.17, 15) is 9.59 Å². The summed E-state index contributed by atoms with van der Waals surface area (Å²) in [6.07, 6.45) is 7.47. The van der Waals surface area contributed by atoms with Crippen molar-refractivity contribution in [2.75, 3.05) is 12.3 Å². The molecule has 7 heteroatoms. The third kappa shape index (κ3) is 5.55. The Morgan fingerprint density at radius 1 is 0.879 bits per heavy atom. The first-order valence-electron chi connectivity index (χ1n) is 11.3. The quantitative estimate of drug-likeness (QED) is 0.471. The van der Waals surface area contributed by atoms with Gasteiger partial charge < -0.3 is 16.4 Å². The smallest absolute Gasteiger partial charge is 0.273 e. The van der Waals surface area contributed by atoms with Crippen molar-refractivity contribution in [1.29, 1.82) is 0 Å². The predicted molar refractivity (Wildman–Crippen MR) is 127 cm³/mol. The number of hydrogen-bond donors (Lipinski definition) is 3. The van der Waals surface area contributed by atoms with Gasteiger partial charge in [-0.1, -0.05) is 61.0 Å². The van der Waals surface area contributed by atoms with Crippen LogP contribution in [-0.2, 0) is 24.2 Å². The molecular formula is C26H29N5O2. The fourth-order valence-electron chi connectivity index (χ4n) is 4.20. The molecule has 0 bridgehead atoms. The summed E-state index contributed by atoms with van der Waals surface area (Å²) < 4.78 is 0. The molecule has 1 aromatic heterocycles. The molecule has 4 N–H and O–H groups in total. The highest BCUT2D eigenvalue weighted by atomic mass is 16.2. The Morgan fingerprint density at radius 3 is 2.24 bits per heavy atom. The lowest BCUT2D eigenvalue weighted by Gasteiger charge is -2.40. The summed E-state index contributed by atoms with van der Waals surface area (Å²) in [6, 6.07) is 18.2. The van der Waals surface area contributed by atoms with Gasteiger partial charge in [-0.25, -0.2) is 9.97 Å². The van der Waals surface area contributed by atoms with E-state index < -0.39 is 0 Å². The monoisotopic (exact) mass is 443 g/mol.